The van der Waals surface area contributed by atoms with Crippen molar-refractivity contribution in [1.82, 2.24) is 4.90 Å². The van der Waals surface area contributed by atoms with Gasteiger partial charge in [0.05, 0.1) is 32.3 Å². The van der Waals surface area contributed by atoms with Crippen LogP contribution < -0.4 is 0 Å². The molecule has 0 saturated carbocycles. The fraction of sp³-hybridized carbons (Fsp3) is 0.933. The van der Waals surface area contributed by atoms with Crippen molar-refractivity contribution in [3.8, 4) is 0 Å². The third-order valence-corrected chi connectivity index (χ3v) is 3.44. The minimum atomic E-state index is 0.653. The standard InChI is InChI=1S/C9H16N2.C6H14O3/c1-2-5-9-10-6-4-8-11(9)7-3-1;1-7-3-5-9-6-4-8-2/h1-8H2;3-6H2,1-2H3. The zero-order valence-corrected chi connectivity index (χ0v) is 13.1. The molecule has 0 aromatic carbocycles. The molecule has 5 nitrogen and oxygen atoms in total. The summed E-state index contributed by atoms with van der Waals surface area (Å²) in [7, 11) is 3.30. The summed E-state index contributed by atoms with van der Waals surface area (Å²) in [4.78, 5) is 7.04. The van der Waals surface area contributed by atoms with Gasteiger partial charge >= 0.3 is 0 Å². The first-order valence-electron chi connectivity index (χ1n) is 7.72. The number of aliphatic imine (C=N–C) groups is 1. The molecule has 0 atom stereocenters. The number of rotatable bonds is 6. The number of hydrogen-bond donors (Lipinski definition) is 0. The first-order valence-corrected chi connectivity index (χ1v) is 7.72. The SMILES string of the molecule is C1CCC2=NCCCN2CC1.COCCOCCOC. The van der Waals surface area contributed by atoms with Crippen molar-refractivity contribution in [2.75, 3.05) is 60.3 Å². The minimum absolute atomic E-state index is 0.653. The lowest BCUT2D eigenvalue weighted by Gasteiger charge is -2.27. The van der Waals surface area contributed by atoms with Gasteiger partial charge in [-0.2, -0.15) is 0 Å². The summed E-state index contributed by atoms with van der Waals surface area (Å²) in [5.74, 6) is 1.40. The molecule has 1 fully saturated rings. The van der Waals surface area contributed by atoms with Crippen molar-refractivity contribution in [3.63, 3.8) is 0 Å². The lowest BCUT2D eigenvalue weighted by Crippen LogP contribution is -2.34. The largest absolute Gasteiger partial charge is 0.382 e. The van der Waals surface area contributed by atoms with Gasteiger partial charge in [-0.3, -0.25) is 4.99 Å². The van der Waals surface area contributed by atoms with Crippen LogP contribution in [-0.2, 0) is 14.2 Å². The van der Waals surface area contributed by atoms with Crippen molar-refractivity contribution in [3.05, 3.63) is 0 Å². The number of fused-ring (bicyclic) bond motifs is 1. The van der Waals surface area contributed by atoms with Crippen LogP contribution in [0.15, 0.2) is 4.99 Å². The van der Waals surface area contributed by atoms with Crippen molar-refractivity contribution >= 4 is 5.84 Å². The van der Waals surface area contributed by atoms with E-state index in [0.29, 0.717) is 26.4 Å². The van der Waals surface area contributed by atoms with Crippen molar-refractivity contribution < 1.29 is 14.2 Å². The third kappa shape index (κ3) is 7.82. The summed E-state index contributed by atoms with van der Waals surface area (Å²) < 4.78 is 14.6. The van der Waals surface area contributed by atoms with Crippen LogP contribution in [0.2, 0.25) is 0 Å². The maximum Gasteiger partial charge on any atom is 0.0988 e. The quantitative estimate of drug-likeness (QED) is 0.700. The smallest absolute Gasteiger partial charge is 0.0988 e. The maximum atomic E-state index is 5.06. The molecule has 2 heterocycles. The van der Waals surface area contributed by atoms with Crippen LogP contribution in [0.25, 0.3) is 0 Å². The van der Waals surface area contributed by atoms with Gasteiger partial charge in [0.2, 0.25) is 0 Å². The molecule has 20 heavy (non-hydrogen) atoms. The lowest BCUT2D eigenvalue weighted by molar-refractivity contribution is 0.0385. The van der Waals surface area contributed by atoms with E-state index >= 15 is 0 Å². The van der Waals surface area contributed by atoms with Gasteiger partial charge in [0.15, 0.2) is 0 Å². The van der Waals surface area contributed by atoms with Crippen LogP contribution in [0.4, 0.5) is 0 Å². The van der Waals surface area contributed by atoms with Crippen LogP contribution in [0.3, 0.4) is 0 Å². The average Bonchev–Trinajstić information content (AvgIpc) is 2.73. The van der Waals surface area contributed by atoms with Gasteiger partial charge in [-0.15, -0.1) is 0 Å². The molecule has 0 unspecified atom stereocenters. The number of hydrogen-bond acceptors (Lipinski definition) is 5. The minimum Gasteiger partial charge on any atom is -0.382 e. The summed E-state index contributed by atoms with van der Waals surface area (Å²) in [6, 6.07) is 0. The topological polar surface area (TPSA) is 43.3 Å². The molecule has 0 amide bonds. The van der Waals surface area contributed by atoms with E-state index in [0.717, 1.165) is 6.54 Å². The van der Waals surface area contributed by atoms with E-state index in [1.807, 2.05) is 0 Å². The van der Waals surface area contributed by atoms with Crippen LogP contribution in [0.5, 0.6) is 0 Å². The molecule has 0 bridgehead atoms. The Morgan fingerprint density at radius 2 is 1.60 bits per heavy atom. The van der Waals surface area contributed by atoms with Crippen LogP contribution in [0.1, 0.15) is 32.1 Å². The number of methoxy groups -OCH3 is 2. The van der Waals surface area contributed by atoms with Gasteiger partial charge in [0, 0.05) is 40.3 Å². The van der Waals surface area contributed by atoms with Crippen LogP contribution >= 0.6 is 0 Å². The summed E-state index contributed by atoms with van der Waals surface area (Å²) in [6.45, 7) is 6.22. The fourth-order valence-corrected chi connectivity index (χ4v) is 2.33. The molecule has 118 valence electrons. The molecule has 0 spiro atoms. The second kappa shape index (κ2) is 12.1. The number of nitrogens with zero attached hydrogens (tertiary/aromatic N) is 2. The normalized spacial score (nSPS) is 18.5. The summed E-state index contributed by atoms with van der Waals surface area (Å²) in [6.07, 6.45) is 6.63. The molecular weight excluding hydrogens is 256 g/mol. The molecule has 1 saturated heterocycles. The zero-order chi connectivity index (χ0) is 14.5. The Bertz CT molecular complexity index is 254. The third-order valence-electron chi connectivity index (χ3n) is 3.44. The molecule has 2 aliphatic rings. The average molecular weight is 286 g/mol. The number of ether oxygens (including phenoxy) is 3. The Hall–Kier alpha value is -0.650. The van der Waals surface area contributed by atoms with Crippen molar-refractivity contribution in [2.45, 2.75) is 32.1 Å². The van der Waals surface area contributed by atoms with Crippen LogP contribution in [-0.4, -0.2) is 71.0 Å². The van der Waals surface area contributed by atoms with Crippen molar-refractivity contribution in [1.29, 1.82) is 0 Å². The van der Waals surface area contributed by atoms with Crippen LogP contribution in [0, 0.1) is 0 Å². The fourth-order valence-electron chi connectivity index (χ4n) is 2.33. The predicted octanol–water partition coefficient (Wildman–Crippen LogP) is 1.96. The second-order valence-electron chi connectivity index (χ2n) is 5.05. The predicted molar refractivity (Wildman–Crippen MR) is 81.5 cm³/mol. The molecule has 2 rings (SSSR count). The Morgan fingerprint density at radius 1 is 0.900 bits per heavy atom. The Morgan fingerprint density at radius 3 is 2.30 bits per heavy atom. The molecule has 0 aliphatic carbocycles. The van der Waals surface area contributed by atoms with Gasteiger partial charge in [-0.1, -0.05) is 6.42 Å². The van der Waals surface area contributed by atoms with E-state index in [-0.39, 0.29) is 0 Å². The first kappa shape index (κ1) is 17.4. The molecule has 0 radical (unpaired) electrons. The molecule has 0 aromatic rings. The highest BCUT2D eigenvalue weighted by Gasteiger charge is 2.16. The number of amidine groups is 1. The summed E-state index contributed by atoms with van der Waals surface area (Å²) >= 11 is 0. The van der Waals surface area contributed by atoms with Gasteiger partial charge in [-0.25, -0.2) is 0 Å². The molecule has 2 aliphatic heterocycles. The Labute approximate surface area is 123 Å². The van der Waals surface area contributed by atoms with E-state index in [4.69, 9.17) is 14.2 Å². The lowest BCUT2D eigenvalue weighted by atomic mass is 10.2. The van der Waals surface area contributed by atoms with Gasteiger partial charge < -0.3 is 19.1 Å². The molecule has 0 aromatic heterocycles. The highest BCUT2D eigenvalue weighted by Crippen LogP contribution is 2.15. The van der Waals surface area contributed by atoms with Crippen molar-refractivity contribution in [2.24, 2.45) is 4.99 Å². The summed E-state index contributed by atoms with van der Waals surface area (Å²) in [5.41, 5.74) is 0. The van der Waals surface area contributed by atoms with E-state index in [1.54, 1.807) is 14.2 Å². The van der Waals surface area contributed by atoms with Gasteiger partial charge in [0.1, 0.15) is 0 Å². The van der Waals surface area contributed by atoms with E-state index < -0.39 is 0 Å². The molecule has 5 heteroatoms. The summed E-state index contributed by atoms with van der Waals surface area (Å²) in [5, 5.41) is 0. The highest BCUT2D eigenvalue weighted by molar-refractivity contribution is 5.83. The maximum absolute atomic E-state index is 5.06. The van der Waals surface area contributed by atoms with Gasteiger partial charge in [0.25, 0.3) is 0 Å². The van der Waals surface area contributed by atoms with E-state index in [9.17, 15) is 0 Å². The Balaban J connectivity index is 0.000000206. The zero-order valence-electron chi connectivity index (χ0n) is 13.1. The molecule has 0 N–H and O–H groups in total. The highest BCUT2D eigenvalue weighted by atomic mass is 16.5. The molecular formula is C15H30N2O3. The van der Waals surface area contributed by atoms with E-state index in [1.165, 1.54) is 51.0 Å². The monoisotopic (exact) mass is 286 g/mol. The Kier molecular flexibility index (Phi) is 10.5. The van der Waals surface area contributed by atoms with Gasteiger partial charge in [-0.05, 0) is 19.3 Å². The van der Waals surface area contributed by atoms with E-state index in [2.05, 4.69) is 9.89 Å². The first-order chi connectivity index (χ1) is 9.88. The second-order valence-corrected chi connectivity index (χ2v) is 5.05.